The normalized spacial score (nSPS) is 15.8. The summed E-state index contributed by atoms with van der Waals surface area (Å²) in [5.41, 5.74) is 0.632. The maximum Gasteiger partial charge on any atom is 0.265 e. The van der Waals surface area contributed by atoms with Crippen LogP contribution in [0.5, 0.6) is 11.5 Å². The van der Waals surface area contributed by atoms with Crippen molar-refractivity contribution in [3.63, 3.8) is 0 Å². The Morgan fingerprint density at radius 2 is 1.71 bits per heavy atom. The Labute approximate surface area is 205 Å². The Kier molecular flexibility index (Phi) is 8.26. The molecule has 0 saturated carbocycles. The Balaban J connectivity index is 1.73. The molecule has 0 aromatic heterocycles. The molecular formula is C22H29N3O8S2. The number of hydrogen-bond acceptors (Lipinski definition) is 8. The molecule has 3 rings (SSSR count). The zero-order chi connectivity index (χ0) is 25.8. The third-order valence-electron chi connectivity index (χ3n) is 5.42. The SMILES string of the molecule is COc1ccc(S(=O)(=O)N2CCOCC2)cc1NC(=O)[C@@H](C)Oc1ccc(N(C)S(C)(=O)=O)cc1. The number of carbonyl (C=O) groups excluding carboxylic acids is 1. The number of nitrogens with zero attached hydrogens (tertiary/aromatic N) is 2. The number of ether oxygens (including phenoxy) is 3. The molecule has 1 amide bonds. The zero-order valence-corrected chi connectivity index (χ0v) is 21.6. The topological polar surface area (TPSA) is 132 Å². The molecule has 0 radical (unpaired) electrons. The average molecular weight is 528 g/mol. The van der Waals surface area contributed by atoms with Crippen LogP contribution in [0.3, 0.4) is 0 Å². The predicted octanol–water partition coefficient (Wildman–Crippen LogP) is 1.52. The summed E-state index contributed by atoms with van der Waals surface area (Å²) < 4.78 is 68.0. The lowest BCUT2D eigenvalue weighted by Crippen LogP contribution is -2.40. The first-order valence-electron chi connectivity index (χ1n) is 10.7. The summed E-state index contributed by atoms with van der Waals surface area (Å²) in [6.45, 7) is 2.67. The number of hydrogen-bond donors (Lipinski definition) is 1. The van der Waals surface area contributed by atoms with Gasteiger partial charge in [0.05, 0.1) is 42.8 Å². The van der Waals surface area contributed by atoms with Gasteiger partial charge in [-0.25, -0.2) is 16.8 Å². The molecule has 1 fully saturated rings. The van der Waals surface area contributed by atoms with Crippen LogP contribution in [0.1, 0.15) is 6.92 Å². The van der Waals surface area contributed by atoms with E-state index >= 15 is 0 Å². The van der Waals surface area contributed by atoms with Crippen molar-refractivity contribution in [2.24, 2.45) is 0 Å². The van der Waals surface area contributed by atoms with Crippen LogP contribution < -0.4 is 19.1 Å². The summed E-state index contributed by atoms with van der Waals surface area (Å²) in [7, 11) is -4.33. The van der Waals surface area contributed by atoms with Crippen LogP contribution in [0.15, 0.2) is 47.4 Å². The number of morpholine rings is 1. The van der Waals surface area contributed by atoms with Crippen molar-refractivity contribution in [2.75, 3.05) is 56.3 Å². The highest BCUT2D eigenvalue weighted by atomic mass is 32.2. The second-order valence-electron chi connectivity index (χ2n) is 7.85. The first-order chi connectivity index (χ1) is 16.4. The van der Waals surface area contributed by atoms with Crippen LogP contribution in [0.25, 0.3) is 0 Å². The van der Waals surface area contributed by atoms with Crippen molar-refractivity contribution in [3.8, 4) is 11.5 Å². The van der Waals surface area contributed by atoms with Crippen molar-refractivity contribution < 1.29 is 35.8 Å². The van der Waals surface area contributed by atoms with E-state index < -0.39 is 32.1 Å². The van der Waals surface area contributed by atoms with Gasteiger partial charge in [0.2, 0.25) is 20.0 Å². The van der Waals surface area contributed by atoms with E-state index in [1.807, 2.05) is 0 Å². The van der Waals surface area contributed by atoms with Gasteiger partial charge < -0.3 is 19.5 Å². The predicted molar refractivity (Wildman–Crippen MR) is 131 cm³/mol. The van der Waals surface area contributed by atoms with Crippen LogP contribution in [-0.4, -0.2) is 79.9 Å². The van der Waals surface area contributed by atoms with Crippen LogP contribution in [0, 0.1) is 0 Å². The molecule has 13 heteroatoms. The maximum absolute atomic E-state index is 13.0. The quantitative estimate of drug-likeness (QED) is 0.519. The van der Waals surface area contributed by atoms with Crippen molar-refractivity contribution in [2.45, 2.75) is 17.9 Å². The monoisotopic (exact) mass is 527 g/mol. The van der Waals surface area contributed by atoms with Crippen LogP contribution in [0.2, 0.25) is 0 Å². The highest BCUT2D eigenvalue weighted by Gasteiger charge is 2.28. The smallest absolute Gasteiger partial charge is 0.265 e. The Bertz CT molecular complexity index is 1260. The Morgan fingerprint density at radius 1 is 1.09 bits per heavy atom. The molecule has 1 saturated heterocycles. The van der Waals surface area contributed by atoms with Gasteiger partial charge in [-0.1, -0.05) is 0 Å². The van der Waals surface area contributed by atoms with Gasteiger partial charge in [-0.3, -0.25) is 9.10 Å². The van der Waals surface area contributed by atoms with E-state index in [9.17, 15) is 21.6 Å². The lowest BCUT2D eigenvalue weighted by atomic mass is 10.2. The van der Waals surface area contributed by atoms with E-state index in [0.29, 0.717) is 30.4 Å². The van der Waals surface area contributed by atoms with E-state index in [-0.39, 0.29) is 23.7 Å². The van der Waals surface area contributed by atoms with Crippen molar-refractivity contribution in [1.82, 2.24) is 4.31 Å². The van der Waals surface area contributed by atoms with Gasteiger partial charge in [0.25, 0.3) is 5.91 Å². The van der Waals surface area contributed by atoms with Crippen LogP contribution >= 0.6 is 0 Å². The third-order valence-corrected chi connectivity index (χ3v) is 8.52. The van der Waals surface area contributed by atoms with E-state index in [1.165, 1.54) is 43.6 Å². The molecule has 1 aliphatic rings. The highest BCUT2D eigenvalue weighted by molar-refractivity contribution is 7.92. The fourth-order valence-electron chi connectivity index (χ4n) is 3.30. The fourth-order valence-corrected chi connectivity index (χ4v) is 5.24. The van der Waals surface area contributed by atoms with Gasteiger partial charge in [-0.2, -0.15) is 4.31 Å². The van der Waals surface area contributed by atoms with E-state index in [1.54, 1.807) is 24.3 Å². The highest BCUT2D eigenvalue weighted by Crippen LogP contribution is 2.30. The largest absolute Gasteiger partial charge is 0.495 e. The molecule has 0 aliphatic carbocycles. The lowest BCUT2D eigenvalue weighted by Gasteiger charge is -2.26. The Morgan fingerprint density at radius 3 is 2.29 bits per heavy atom. The maximum atomic E-state index is 13.0. The van der Waals surface area contributed by atoms with Gasteiger partial charge in [-0.15, -0.1) is 0 Å². The summed E-state index contributed by atoms with van der Waals surface area (Å²) >= 11 is 0. The Hall–Kier alpha value is -2.87. The minimum absolute atomic E-state index is 0.0228. The molecule has 0 spiro atoms. The van der Waals surface area contributed by atoms with Crippen LogP contribution in [0.4, 0.5) is 11.4 Å². The number of amides is 1. The standard InChI is InChI=1S/C22H29N3O8S2/c1-16(33-18-7-5-17(6-8-18)24(2)34(4,27)28)22(26)23-20-15-19(9-10-21(20)31-3)35(29,30)25-11-13-32-14-12-25/h5-10,15-16H,11-14H2,1-4H3,(H,23,26)/t16-/m1/s1. The van der Waals surface area contributed by atoms with Gasteiger partial charge in [0.15, 0.2) is 6.10 Å². The summed E-state index contributed by atoms with van der Waals surface area (Å²) in [4.78, 5) is 12.8. The van der Waals surface area contributed by atoms with Crippen LogP contribution in [-0.2, 0) is 29.6 Å². The first-order valence-corrected chi connectivity index (χ1v) is 14.0. The van der Waals surface area contributed by atoms with Crippen molar-refractivity contribution in [3.05, 3.63) is 42.5 Å². The summed E-state index contributed by atoms with van der Waals surface area (Å²) in [6, 6.07) is 10.5. The molecule has 1 N–H and O–H groups in total. The number of rotatable bonds is 9. The minimum Gasteiger partial charge on any atom is -0.495 e. The molecule has 0 bridgehead atoms. The second kappa shape index (κ2) is 10.8. The molecule has 192 valence electrons. The van der Waals surface area contributed by atoms with Gasteiger partial charge >= 0.3 is 0 Å². The van der Waals surface area contributed by atoms with E-state index in [0.717, 1.165) is 10.6 Å². The molecule has 0 unspecified atom stereocenters. The van der Waals surface area contributed by atoms with E-state index in [4.69, 9.17) is 14.2 Å². The number of methoxy groups -OCH3 is 1. The number of nitrogens with one attached hydrogen (secondary N) is 1. The summed E-state index contributed by atoms with van der Waals surface area (Å²) in [6.07, 6.45) is 0.150. The molecule has 1 heterocycles. The minimum atomic E-state index is -3.77. The van der Waals surface area contributed by atoms with Gasteiger partial charge in [0.1, 0.15) is 11.5 Å². The van der Waals surface area contributed by atoms with E-state index in [2.05, 4.69) is 5.32 Å². The number of benzene rings is 2. The molecule has 1 atom stereocenters. The molecule has 35 heavy (non-hydrogen) atoms. The molecule has 2 aromatic carbocycles. The molecule has 1 aliphatic heterocycles. The molecule has 11 nitrogen and oxygen atoms in total. The zero-order valence-electron chi connectivity index (χ0n) is 19.9. The fraction of sp³-hybridized carbons (Fsp3) is 0.409. The van der Waals surface area contributed by atoms with Gasteiger partial charge in [0, 0.05) is 20.1 Å². The first kappa shape index (κ1) is 26.7. The van der Waals surface area contributed by atoms with Crippen molar-refractivity contribution >= 4 is 37.3 Å². The number of carbonyl (C=O) groups is 1. The third kappa shape index (κ3) is 6.42. The molecular weight excluding hydrogens is 498 g/mol. The summed E-state index contributed by atoms with van der Waals surface area (Å²) in [5, 5.41) is 2.66. The average Bonchev–Trinajstić information content (AvgIpc) is 2.84. The second-order valence-corrected chi connectivity index (χ2v) is 11.8. The summed E-state index contributed by atoms with van der Waals surface area (Å²) in [5.74, 6) is 0.120. The van der Waals surface area contributed by atoms with Crippen molar-refractivity contribution in [1.29, 1.82) is 0 Å². The number of sulfonamides is 2. The lowest BCUT2D eigenvalue weighted by molar-refractivity contribution is -0.122. The number of anilines is 2. The molecule has 2 aromatic rings. The van der Waals surface area contributed by atoms with Gasteiger partial charge in [-0.05, 0) is 49.4 Å².